The highest BCUT2D eigenvalue weighted by atomic mass is 32.2. The van der Waals surface area contributed by atoms with Crippen LogP contribution in [0.3, 0.4) is 0 Å². The van der Waals surface area contributed by atoms with Crippen LogP contribution in [0.15, 0.2) is 30.3 Å². The second kappa shape index (κ2) is 7.91. The van der Waals surface area contributed by atoms with Gasteiger partial charge in [-0.25, -0.2) is 8.42 Å². The molecule has 0 aliphatic rings. The molecule has 0 aliphatic heterocycles. The van der Waals surface area contributed by atoms with Crippen LogP contribution in [0, 0.1) is 0 Å². The first-order chi connectivity index (χ1) is 9.03. The van der Waals surface area contributed by atoms with Crippen LogP contribution in [0.5, 0.6) is 0 Å². The van der Waals surface area contributed by atoms with Gasteiger partial charge >= 0.3 is 0 Å². The number of carbonyl (C=O) groups is 1. The molecule has 1 aromatic carbocycles. The van der Waals surface area contributed by atoms with Gasteiger partial charge in [0.05, 0.1) is 5.75 Å². The molecule has 6 heteroatoms. The van der Waals surface area contributed by atoms with Crippen LogP contribution in [-0.2, 0) is 25.1 Å². The minimum atomic E-state index is -3.42. The number of rotatable bonds is 8. The predicted octanol–water partition coefficient (Wildman–Crippen LogP) is 0.754. The van der Waals surface area contributed by atoms with Gasteiger partial charge in [-0.3, -0.25) is 4.79 Å². The lowest BCUT2D eigenvalue weighted by Crippen LogP contribution is -2.31. The predicted molar refractivity (Wildman–Crippen MR) is 73.4 cm³/mol. The van der Waals surface area contributed by atoms with Crippen LogP contribution in [0.4, 0.5) is 0 Å². The molecule has 1 rings (SSSR count). The first-order valence-corrected chi connectivity index (χ1v) is 7.85. The van der Waals surface area contributed by atoms with E-state index >= 15 is 0 Å². The quantitative estimate of drug-likeness (QED) is 0.716. The van der Waals surface area contributed by atoms with Crippen molar-refractivity contribution in [1.82, 2.24) is 5.32 Å². The Bertz CT molecular complexity index is 485. The van der Waals surface area contributed by atoms with Crippen LogP contribution in [0.1, 0.15) is 12.0 Å². The van der Waals surface area contributed by atoms with Crippen LogP contribution >= 0.6 is 0 Å². The third kappa shape index (κ3) is 6.93. The Morgan fingerprint density at radius 2 is 1.95 bits per heavy atom. The van der Waals surface area contributed by atoms with E-state index in [1.165, 1.54) is 0 Å². The van der Waals surface area contributed by atoms with E-state index < -0.39 is 21.5 Å². The van der Waals surface area contributed by atoms with Crippen LogP contribution in [-0.4, -0.2) is 40.3 Å². The van der Waals surface area contributed by atoms with Crippen molar-refractivity contribution < 1.29 is 17.9 Å². The highest BCUT2D eigenvalue weighted by Gasteiger charge is 2.16. The summed E-state index contributed by atoms with van der Waals surface area (Å²) in [4.78, 5) is 11.5. The summed E-state index contributed by atoms with van der Waals surface area (Å²) in [5.74, 6) is -1.05. The maximum atomic E-state index is 11.8. The Morgan fingerprint density at radius 3 is 2.58 bits per heavy atom. The number of benzene rings is 1. The number of amides is 1. The van der Waals surface area contributed by atoms with Crippen molar-refractivity contribution in [2.45, 2.75) is 12.2 Å². The molecule has 0 aliphatic carbocycles. The molecular formula is C13H19NO4S. The van der Waals surface area contributed by atoms with Gasteiger partial charge in [0.1, 0.15) is 5.75 Å². The number of hydrogen-bond acceptors (Lipinski definition) is 4. The summed E-state index contributed by atoms with van der Waals surface area (Å²) in [6.45, 7) is 0.963. The standard InChI is InChI=1S/C13H19NO4S/c1-18-9-5-8-14-13(15)11-19(16,17)10-12-6-3-2-4-7-12/h2-4,6-7H,5,8-11H2,1H3,(H,14,15). The van der Waals surface area contributed by atoms with Gasteiger partial charge in [-0.15, -0.1) is 0 Å². The summed E-state index contributed by atoms with van der Waals surface area (Å²) in [5.41, 5.74) is 0.690. The third-order valence-corrected chi connectivity index (χ3v) is 3.90. The van der Waals surface area contributed by atoms with Gasteiger partial charge in [0.15, 0.2) is 9.84 Å². The molecule has 0 bridgehead atoms. The van der Waals surface area contributed by atoms with E-state index in [0.717, 1.165) is 0 Å². The highest BCUT2D eigenvalue weighted by Crippen LogP contribution is 2.05. The van der Waals surface area contributed by atoms with Crippen LogP contribution < -0.4 is 5.32 Å². The lowest BCUT2D eigenvalue weighted by molar-refractivity contribution is -0.118. The molecule has 0 saturated carbocycles. The molecule has 0 heterocycles. The Hall–Kier alpha value is -1.40. The molecule has 106 valence electrons. The van der Waals surface area contributed by atoms with E-state index in [0.29, 0.717) is 25.1 Å². The lowest BCUT2D eigenvalue weighted by Gasteiger charge is -2.06. The highest BCUT2D eigenvalue weighted by molar-refractivity contribution is 7.91. The average Bonchev–Trinajstić information content (AvgIpc) is 2.34. The fourth-order valence-corrected chi connectivity index (χ4v) is 2.88. The van der Waals surface area contributed by atoms with Gasteiger partial charge in [0.25, 0.3) is 0 Å². The van der Waals surface area contributed by atoms with Gasteiger partial charge in [-0.05, 0) is 12.0 Å². The lowest BCUT2D eigenvalue weighted by atomic mass is 10.2. The summed E-state index contributed by atoms with van der Waals surface area (Å²) in [6, 6.07) is 8.83. The second-order valence-electron chi connectivity index (χ2n) is 4.21. The van der Waals surface area contributed by atoms with Crippen molar-refractivity contribution in [3.05, 3.63) is 35.9 Å². The number of ether oxygens (including phenoxy) is 1. The van der Waals surface area contributed by atoms with Gasteiger partial charge in [-0.1, -0.05) is 30.3 Å². The number of carbonyl (C=O) groups excluding carboxylic acids is 1. The maximum Gasteiger partial charge on any atom is 0.235 e. The van der Waals surface area contributed by atoms with Gasteiger partial charge in [-0.2, -0.15) is 0 Å². The normalized spacial score (nSPS) is 11.2. The molecule has 1 amide bonds. The fraction of sp³-hybridized carbons (Fsp3) is 0.462. The molecule has 5 nitrogen and oxygen atoms in total. The molecule has 1 aromatic rings. The fourth-order valence-electron chi connectivity index (χ4n) is 1.57. The zero-order chi connectivity index (χ0) is 14.1. The van der Waals surface area contributed by atoms with E-state index in [1.807, 2.05) is 6.07 Å². The molecule has 0 radical (unpaired) electrons. The van der Waals surface area contributed by atoms with Crippen molar-refractivity contribution >= 4 is 15.7 Å². The largest absolute Gasteiger partial charge is 0.385 e. The minimum Gasteiger partial charge on any atom is -0.385 e. The van der Waals surface area contributed by atoms with E-state index in [2.05, 4.69) is 5.32 Å². The SMILES string of the molecule is COCCCNC(=O)CS(=O)(=O)Cc1ccccc1. The first-order valence-electron chi connectivity index (χ1n) is 6.03. The topological polar surface area (TPSA) is 72.5 Å². The van der Waals surface area contributed by atoms with E-state index in [9.17, 15) is 13.2 Å². The first kappa shape index (κ1) is 15.7. The second-order valence-corrected chi connectivity index (χ2v) is 6.28. The molecule has 0 saturated heterocycles. The Balaban J connectivity index is 2.40. The molecule has 1 N–H and O–H groups in total. The summed E-state index contributed by atoms with van der Waals surface area (Å²) in [7, 11) is -1.84. The van der Waals surface area contributed by atoms with Crippen molar-refractivity contribution in [1.29, 1.82) is 0 Å². The zero-order valence-electron chi connectivity index (χ0n) is 11.0. The monoisotopic (exact) mass is 285 g/mol. The summed E-state index contributed by atoms with van der Waals surface area (Å²) < 4.78 is 28.5. The van der Waals surface area contributed by atoms with Crippen molar-refractivity contribution in [3.8, 4) is 0 Å². The molecule has 0 aromatic heterocycles. The maximum absolute atomic E-state index is 11.8. The van der Waals surface area contributed by atoms with Crippen LogP contribution in [0.2, 0.25) is 0 Å². The Labute approximate surface area is 113 Å². The smallest absolute Gasteiger partial charge is 0.235 e. The third-order valence-electron chi connectivity index (χ3n) is 2.43. The van der Waals surface area contributed by atoms with E-state index in [4.69, 9.17) is 4.74 Å². The Kier molecular flexibility index (Phi) is 6.52. The number of hydrogen-bond donors (Lipinski definition) is 1. The number of sulfone groups is 1. The Morgan fingerprint density at radius 1 is 1.26 bits per heavy atom. The molecule has 0 atom stereocenters. The zero-order valence-corrected chi connectivity index (χ0v) is 11.8. The minimum absolute atomic E-state index is 0.112. The summed E-state index contributed by atoms with van der Waals surface area (Å²) in [5, 5.41) is 2.56. The van der Waals surface area contributed by atoms with Gasteiger partial charge in [0, 0.05) is 20.3 Å². The van der Waals surface area contributed by atoms with Gasteiger partial charge in [0.2, 0.25) is 5.91 Å². The van der Waals surface area contributed by atoms with Crippen molar-refractivity contribution in [2.75, 3.05) is 26.0 Å². The van der Waals surface area contributed by atoms with E-state index in [-0.39, 0.29) is 5.75 Å². The van der Waals surface area contributed by atoms with Crippen LogP contribution in [0.25, 0.3) is 0 Å². The molecule has 0 unspecified atom stereocenters. The van der Waals surface area contributed by atoms with Crippen molar-refractivity contribution in [3.63, 3.8) is 0 Å². The number of methoxy groups -OCH3 is 1. The summed E-state index contributed by atoms with van der Waals surface area (Å²) >= 11 is 0. The van der Waals surface area contributed by atoms with Crippen molar-refractivity contribution in [2.24, 2.45) is 0 Å². The molecular weight excluding hydrogens is 266 g/mol. The summed E-state index contributed by atoms with van der Waals surface area (Å²) in [6.07, 6.45) is 0.668. The molecule has 0 spiro atoms. The molecule has 0 fully saturated rings. The van der Waals surface area contributed by atoms with Gasteiger partial charge < -0.3 is 10.1 Å². The molecule has 19 heavy (non-hydrogen) atoms. The average molecular weight is 285 g/mol. The number of nitrogens with one attached hydrogen (secondary N) is 1. The van der Waals surface area contributed by atoms with E-state index in [1.54, 1.807) is 31.4 Å².